The van der Waals surface area contributed by atoms with Crippen LogP contribution in [0.2, 0.25) is 0 Å². The van der Waals surface area contributed by atoms with Crippen molar-refractivity contribution in [3.63, 3.8) is 0 Å². The topological polar surface area (TPSA) is 74.8 Å². The van der Waals surface area contributed by atoms with Crippen LogP contribution in [0, 0.1) is 5.92 Å². The number of sulfone groups is 1. The van der Waals surface area contributed by atoms with Gasteiger partial charge in [0.2, 0.25) is 0 Å². The van der Waals surface area contributed by atoms with E-state index in [0.29, 0.717) is 51.4 Å². The molecule has 0 aromatic rings. The summed E-state index contributed by atoms with van der Waals surface area (Å²) in [5.41, 5.74) is 0. The first-order valence-corrected chi connectivity index (χ1v) is 11.0. The minimum absolute atomic E-state index is 0.312. The third-order valence-electron chi connectivity index (χ3n) is 4.63. The molecule has 0 radical (unpaired) electrons. The maximum atomic E-state index is 12.7. The lowest BCUT2D eigenvalue weighted by atomic mass is 10.0. The zero-order valence-electron chi connectivity index (χ0n) is 12.9. The zero-order chi connectivity index (χ0) is 15.7. The van der Waals surface area contributed by atoms with E-state index in [0.717, 1.165) is 12.8 Å². The van der Waals surface area contributed by atoms with Crippen LogP contribution in [0.5, 0.6) is 0 Å². The Labute approximate surface area is 128 Å². The van der Waals surface area contributed by atoms with Crippen LogP contribution in [0.15, 0.2) is 0 Å². The van der Waals surface area contributed by atoms with Crippen molar-refractivity contribution in [2.45, 2.75) is 44.3 Å². The molecule has 2 heterocycles. The van der Waals surface area contributed by atoms with Crippen LogP contribution in [0.3, 0.4) is 0 Å². The summed E-state index contributed by atoms with van der Waals surface area (Å²) < 4.78 is 51.7. The lowest BCUT2D eigenvalue weighted by Gasteiger charge is -2.33. The van der Waals surface area contributed by atoms with Gasteiger partial charge < -0.3 is 0 Å². The van der Waals surface area contributed by atoms with E-state index in [9.17, 15) is 16.8 Å². The number of piperidine rings is 1. The minimum Gasteiger partial charge on any atom is -0.229 e. The van der Waals surface area contributed by atoms with Gasteiger partial charge in [0.1, 0.15) is 9.84 Å². The van der Waals surface area contributed by atoms with Crippen molar-refractivity contribution in [1.82, 2.24) is 8.61 Å². The van der Waals surface area contributed by atoms with E-state index in [4.69, 9.17) is 0 Å². The van der Waals surface area contributed by atoms with E-state index in [1.54, 1.807) is 4.31 Å². The summed E-state index contributed by atoms with van der Waals surface area (Å²) in [7, 11) is -6.51. The third kappa shape index (κ3) is 4.18. The van der Waals surface area contributed by atoms with Gasteiger partial charge in [-0.05, 0) is 38.0 Å². The van der Waals surface area contributed by atoms with Crippen molar-refractivity contribution in [2.75, 3.05) is 32.4 Å². The highest BCUT2D eigenvalue weighted by molar-refractivity contribution is 7.91. The molecule has 0 spiro atoms. The van der Waals surface area contributed by atoms with Crippen molar-refractivity contribution < 1.29 is 16.8 Å². The summed E-state index contributed by atoms with van der Waals surface area (Å²) in [6.07, 6.45) is 4.62. The molecule has 0 N–H and O–H groups in total. The Morgan fingerprint density at radius 1 is 0.810 bits per heavy atom. The molecule has 8 heteroatoms. The van der Waals surface area contributed by atoms with E-state index in [1.165, 1.54) is 10.6 Å². The molecule has 0 saturated carbocycles. The molecule has 0 aromatic heterocycles. The fraction of sp³-hybridized carbons (Fsp3) is 1.00. The predicted molar refractivity (Wildman–Crippen MR) is 82.9 cm³/mol. The number of hydrogen-bond donors (Lipinski definition) is 0. The van der Waals surface area contributed by atoms with Crippen LogP contribution < -0.4 is 0 Å². The van der Waals surface area contributed by atoms with Crippen LogP contribution in [0.4, 0.5) is 0 Å². The Bertz CT molecular complexity index is 551. The van der Waals surface area contributed by atoms with Crippen LogP contribution >= 0.6 is 0 Å². The van der Waals surface area contributed by atoms with Crippen molar-refractivity contribution in [3.05, 3.63) is 0 Å². The molecule has 1 unspecified atom stereocenters. The number of nitrogens with zero attached hydrogens (tertiary/aromatic N) is 2. The van der Waals surface area contributed by atoms with Gasteiger partial charge in [0.15, 0.2) is 0 Å². The summed E-state index contributed by atoms with van der Waals surface area (Å²) in [6.45, 7) is 4.05. The first-order valence-electron chi connectivity index (χ1n) is 7.65. The largest absolute Gasteiger partial charge is 0.281 e. The van der Waals surface area contributed by atoms with Gasteiger partial charge in [0.25, 0.3) is 10.2 Å². The molecule has 2 rings (SSSR count). The van der Waals surface area contributed by atoms with E-state index >= 15 is 0 Å². The minimum atomic E-state index is -3.43. The van der Waals surface area contributed by atoms with Crippen molar-refractivity contribution in [1.29, 1.82) is 0 Å². The van der Waals surface area contributed by atoms with Gasteiger partial charge >= 0.3 is 0 Å². The first kappa shape index (κ1) is 17.2. The molecule has 124 valence electrons. The Morgan fingerprint density at radius 2 is 1.33 bits per heavy atom. The average Bonchev–Trinajstić information content (AvgIpc) is 2.64. The molecule has 0 aliphatic carbocycles. The van der Waals surface area contributed by atoms with Crippen molar-refractivity contribution in [2.24, 2.45) is 5.92 Å². The van der Waals surface area contributed by atoms with Gasteiger partial charge in [-0.3, -0.25) is 0 Å². The summed E-state index contributed by atoms with van der Waals surface area (Å²) in [5, 5.41) is -0.404. The highest BCUT2D eigenvalue weighted by Crippen LogP contribution is 2.24. The molecule has 6 nitrogen and oxygen atoms in total. The number of rotatable bonds is 3. The second-order valence-electron chi connectivity index (χ2n) is 6.37. The van der Waals surface area contributed by atoms with Gasteiger partial charge in [0.05, 0.1) is 5.25 Å². The smallest absolute Gasteiger partial charge is 0.229 e. The van der Waals surface area contributed by atoms with Gasteiger partial charge in [0, 0.05) is 32.4 Å². The van der Waals surface area contributed by atoms with E-state index in [2.05, 4.69) is 6.92 Å². The Hall–Kier alpha value is -0.180. The van der Waals surface area contributed by atoms with E-state index in [-0.39, 0.29) is 0 Å². The van der Waals surface area contributed by atoms with Gasteiger partial charge in [-0.25, -0.2) is 8.42 Å². The Kier molecular flexibility index (Phi) is 5.33. The average molecular weight is 338 g/mol. The highest BCUT2D eigenvalue weighted by atomic mass is 32.2. The molecular weight excluding hydrogens is 312 g/mol. The molecule has 2 aliphatic rings. The van der Waals surface area contributed by atoms with Crippen molar-refractivity contribution in [3.8, 4) is 0 Å². The van der Waals surface area contributed by atoms with Gasteiger partial charge in [-0.2, -0.15) is 17.0 Å². The fourth-order valence-electron chi connectivity index (χ4n) is 3.08. The first-order chi connectivity index (χ1) is 9.71. The SMILES string of the molecule is CC1CCN(S(=O)(=O)N2CCCC(S(C)(=O)=O)CC2)CC1. The Balaban J connectivity index is 2.04. The molecule has 2 aliphatic heterocycles. The summed E-state index contributed by atoms with van der Waals surface area (Å²) in [6, 6.07) is 0. The summed E-state index contributed by atoms with van der Waals surface area (Å²) in [5.74, 6) is 0.579. The predicted octanol–water partition coefficient (Wildman–Crippen LogP) is 0.862. The van der Waals surface area contributed by atoms with Crippen LogP contribution in [-0.2, 0) is 20.0 Å². The highest BCUT2D eigenvalue weighted by Gasteiger charge is 2.34. The second kappa shape index (κ2) is 6.52. The molecule has 0 aromatic carbocycles. The van der Waals surface area contributed by atoms with Crippen LogP contribution in [-0.4, -0.2) is 63.1 Å². The third-order valence-corrected chi connectivity index (χ3v) is 8.35. The van der Waals surface area contributed by atoms with Crippen LogP contribution in [0.25, 0.3) is 0 Å². The van der Waals surface area contributed by atoms with Gasteiger partial charge in [-0.15, -0.1) is 0 Å². The van der Waals surface area contributed by atoms with E-state index in [1.807, 2.05) is 0 Å². The molecule has 1 atom stereocenters. The lowest BCUT2D eigenvalue weighted by molar-refractivity contribution is 0.265. The standard InChI is InChI=1S/C13H26N2O4S2/c1-12-5-9-15(10-6-12)21(18,19)14-8-3-4-13(7-11-14)20(2,16)17/h12-13H,3-11H2,1-2H3. The monoisotopic (exact) mass is 338 g/mol. The molecule has 21 heavy (non-hydrogen) atoms. The maximum Gasteiger partial charge on any atom is 0.281 e. The molecular formula is C13H26N2O4S2. The molecule has 2 fully saturated rings. The molecule has 0 amide bonds. The second-order valence-corrected chi connectivity index (χ2v) is 10.6. The maximum absolute atomic E-state index is 12.7. The van der Waals surface area contributed by atoms with Crippen molar-refractivity contribution >= 4 is 20.0 Å². The summed E-state index contributed by atoms with van der Waals surface area (Å²) in [4.78, 5) is 0. The summed E-state index contributed by atoms with van der Waals surface area (Å²) >= 11 is 0. The lowest BCUT2D eigenvalue weighted by Crippen LogP contribution is -2.47. The van der Waals surface area contributed by atoms with Crippen LogP contribution in [0.1, 0.15) is 39.0 Å². The quantitative estimate of drug-likeness (QED) is 0.765. The van der Waals surface area contributed by atoms with Gasteiger partial charge in [-0.1, -0.05) is 6.92 Å². The van der Waals surface area contributed by atoms with E-state index < -0.39 is 25.3 Å². The normalized spacial score (nSPS) is 28.4. The Morgan fingerprint density at radius 3 is 1.90 bits per heavy atom. The molecule has 0 bridgehead atoms. The number of hydrogen-bond acceptors (Lipinski definition) is 4. The fourth-order valence-corrected chi connectivity index (χ4v) is 5.90. The zero-order valence-corrected chi connectivity index (χ0v) is 14.5. The molecule has 2 saturated heterocycles.